The maximum atomic E-state index is 12.2. The minimum absolute atomic E-state index is 0.201. The number of methoxy groups -OCH3 is 1. The lowest BCUT2D eigenvalue weighted by Crippen LogP contribution is -2.05. The van der Waals surface area contributed by atoms with Gasteiger partial charge in [0.15, 0.2) is 23.0 Å². The molecular formula is C22H23NO7. The molecule has 0 aliphatic heterocycles. The van der Waals surface area contributed by atoms with Crippen LogP contribution in [0.1, 0.15) is 25.0 Å². The second-order valence-corrected chi connectivity index (χ2v) is 5.84. The lowest BCUT2D eigenvalue weighted by molar-refractivity contribution is -0.400. The third kappa shape index (κ3) is 6.66. The maximum Gasteiger partial charge on any atom is 0.336 e. The van der Waals surface area contributed by atoms with Crippen molar-refractivity contribution in [1.82, 2.24) is 0 Å². The fraction of sp³-hybridized carbons (Fsp3) is 0.227. The van der Waals surface area contributed by atoms with Crippen LogP contribution in [0.4, 0.5) is 0 Å². The zero-order valence-corrected chi connectivity index (χ0v) is 17.0. The largest absolute Gasteiger partial charge is 0.493 e. The number of hydrogen-bond donors (Lipinski definition) is 0. The summed E-state index contributed by atoms with van der Waals surface area (Å²) in [6.45, 7) is 4.77. The Morgan fingerprint density at radius 3 is 2.17 bits per heavy atom. The van der Waals surface area contributed by atoms with E-state index in [0.717, 1.165) is 11.8 Å². The Hall–Kier alpha value is -3.81. The fourth-order valence-corrected chi connectivity index (χ4v) is 2.50. The quantitative estimate of drug-likeness (QED) is 0.188. The van der Waals surface area contributed by atoms with Gasteiger partial charge in [-0.1, -0.05) is 12.1 Å². The molecule has 30 heavy (non-hydrogen) atoms. The van der Waals surface area contributed by atoms with Gasteiger partial charge in [0.2, 0.25) is 6.20 Å². The predicted molar refractivity (Wildman–Crippen MR) is 112 cm³/mol. The molecule has 0 aromatic heterocycles. The van der Waals surface area contributed by atoms with E-state index < -0.39 is 10.9 Å². The SMILES string of the molecule is CCOc1ccc(/C=C/C(=O)Oc2ccc(/C=C/[N+](=O)[O-])cc2OC)cc1OCC. The van der Waals surface area contributed by atoms with Crippen molar-refractivity contribution in [3.63, 3.8) is 0 Å². The average molecular weight is 413 g/mol. The third-order valence-corrected chi connectivity index (χ3v) is 3.77. The molecular weight excluding hydrogens is 390 g/mol. The summed E-state index contributed by atoms with van der Waals surface area (Å²) in [5.41, 5.74) is 1.28. The first-order valence-corrected chi connectivity index (χ1v) is 9.26. The van der Waals surface area contributed by atoms with E-state index in [1.165, 1.54) is 31.4 Å². The zero-order chi connectivity index (χ0) is 21.9. The van der Waals surface area contributed by atoms with Gasteiger partial charge in [0, 0.05) is 12.2 Å². The van der Waals surface area contributed by atoms with Gasteiger partial charge in [0.05, 0.1) is 25.2 Å². The van der Waals surface area contributed by atoms with Gasteiger partial charge in [0.1, 0.15) is 0 Å². The summed E-state index contributed by atoms with van der Waals surface area (Å²) < 4.78 is 21.6. The summed E-state index contributed by atoms with van der Waals surface area (Å²) in [7, 11) is 1.42. The molecule has 0 heterocycles. The highest BCUT2D eigenvalue weighted by Crippen LogP contribution is 2.30. The molecule has 0 spiro atoms. The molecule has 0 saturated carbocycles. The molecule has 0 unspecified atom stereocenters. The summed E-state index contributed by atoms with van der Waals surface area (Å²) in [6.07, 6.45) is 5.01. The number of benzene rings is 2. The van der Waals surface area contributed by atoms with Crippen LogP contribution in [-0.2, 0) is 4.79 Å². The molecule has 158 valence electrons. The molecule has 0 atom stereocenters. The van der Waals surface area contributed by atoms with Crippen LogP contribution in [0.3, 0.4) is 0 Å². The van der Waals surface area contributed by atoms with Crippen LogP contribution >= 0.6 is 0 Å². The monoisotopic (exact) mass is 413 g/mol. The number of carbonyl (C=O) groups is 1. The van der Waals surface area contributed by atoms with Crippen LogP contribution in [0.15, 0.2) is 48.7 Å². The Morgan fingerprint density at radius 1 is 0.933 bits per heavy atom. The molecule has 0 aliphatic carbocycles. The maximum absolute atomic E-state index is 12.2. The summed E-state index contributed by atoms with van der Waals surface area (Å²) in [5, 5.41) is 10.4. The Bertz CT molecular complexity index is 950. The van der Waals surface area contributed by atoms with E-state index >= 15 is 0 Å². The molecule has 0 radical (unpaired) electrons. The number of esters is 1. The second-order valence-electron chi connectivity index (χ2n) is 5.84. The van der Waals surface area contributed by atoms with Crippen LogP contribution in [0.5, 0.6) is 23.0 Å². The van der Waals surface area contributed by atoms with Gasteiger partial charge in [-0.25, -0.2) is 4.79 Å². The lowest BCUT2D eigenvalue weighted by Gasteiger charge is -2.11. The molecule has 0 bridgehead atoms. The van der Waals surface area contributed by atoms with E-state index in [-0.39, 0.29) is 11.5 Å². The number of nitrogens with zero attached hydrogens (tertiary/aromatic N) is 1. The number of nitro groups is 1. The van der Waals surface area contributed by atoms with Crippen molar-refractivity contribution < 1.29 is 28.7 Å². The average Bonchev–Trinajstić information content (AvgIpc) is 2.73. The Morgan fingerprint density at radius 2 is 1.53 bits per heavy atom. The smallest absolute Gasteiger partial charge is 0.336 e. The van der Waals surface area contributed by atoms with Crippen molar-refractivity contribution >= 4 is 18.1 Å². The van der Waals surface area contributed by atoms with E-state index in [0.29, 0.717) is 30.3 Å². The lowest BCUT2D eigenvalue weighted by atomic mass is 10.2. The summed E-state index contributed by atoms with van der Waals surface area (Å²) in [4.78, 5) is 22.1. The van der Waals surface area contributed by atoms with E-state index in [1.54, 1.807) is 30.3 Å². The number of rotatable bonds is 10. The molecule has 0 saturated heterocycles. The number of carbonyl (C=O) groups excluding carboxylic acids is 1. The highest BCUT2D eigenvalue weighted by atomic mass is 16.6. The standard InChI is InChI=1S/C22H23NO7/c1-4-28-18-9-6-16(15-21(18)29-5-2)8-11-22(24)30-19-10-7-17(12-13-23(25)26)14-20(19)27-3/h6-15H,4-5H2,1-3H3/b11-8+,13-12+. The highest BCUT2D eigenvalue weighted by molar-refractivity contribution is 5.89. The first-order valence-electron chi connectivity index (χ1n) is 9.26. The third-order valence-electron chi connectivity index (χ3n) is 3.77. The van der Waals surface area contributed by atoms with Crippen LogP contribution in [0.2, 0.25) is 0 Å². The molecule has 2 aromatic carbocycles. The second kappa shape index (κ2) is 11.3. The molecule has 0 fully saturated rings. The van der Waals surface area contributed by atoms with Crippen molar-refractivity contribution in [2.45, 2.75) is 13.8 Å². The van der Waals surface area contributed by atoms with E-state index in [9.17, 15) is 14.9 Å². The van der Waals surface area contributed by atoms with E-state index in [1.807, 2.05) is 13.8 Å². The normalized spacial score (nSPS) is 10.9. The fourth-order valence-electron chi connectivity index (χ4n) is 2.50. The van der Waals surface area contributed by atoms with Gasteiger partial charge in [-0.05, 0) is 55.3 Å². The minimum atomic E-state index is -0.603. The molecule has 8 heteroatoms. The molecule has 0 aliphatic rings. The minimum Gasteiger partial charge on any atom is -0.493 e. The first-order chi connectivity index (χ1) is 14.5. The molecule has 0 amide bonds. The topological polar surface area (TPSA) is 97.1 Å². The Balaban J connectivity index is 2.12. The van der Waals surface area contributed by atoms with Gasteiger partial charge in [-0.15, -0.1) is 0 Å². The summed E-state index contributed by atoms with van der Waals surface area (Å²) >= 11 is 0. The van der Waals surface area contributed by atoms with Crippen molar-refractivity contribution in [1.29, 1.82) is 0 Å². The highest BCUT2D eigenvalue weighted by Gasteiger charge is 2.10. The predicted octanol–water partition coefficient (Wildman–Crippen LogP) is 4.36. The van der Waals surface area contributed by atoms with Crippen LogP contribution in [0.25, 0.3) is 12.2 Å². The van der Waals surface area contributed by atoms with Gasteiger partial charge >= 0.3 is 5.97 Å². The first kappa shape index (κ1) is 22.5. The number of ether oxygens (including phenoxy) is 4. The van der Waals surface area contributed by atoms with Gasteiger partial charge in [-0.2, -0.15) is 0 Å². The molecule has 2 rings (SSSR count). The van der Waals surface area contributed by atoms with Gasteiger partial charge in [0.25, 0.3) is 0 Å². The van der Waals surface area contributed by atoms with Crippen molar-refractivity contribution in [2.75, 3.05) is 20.3 Å². The molecule has 0 N–H and O–H groups in total. The Labute approximate surface area is 174 Å². The van der Waals surface area contributed by atoms with Crippen molar-refractivity contribution in [3.8, 4) is 23.0 Å². The van der Waals surface area contributed by atoms with Gasteiger partial charge < -0.3 is 18.9 Å². The number of hydrogen-bond acceptors (Lipinski definition) is 7. The van der Waals surface area contributed by atoms with Crippen LogP contribution in [-0.4, -0.2) is 31.2 Å². The van der Waals surface area contributed by atoms with Gasteiger partial charge in [-0.3, -0.25) is 10.1 Å². The van der Waals surface area contributed by atoms with E-state index in [4.69, 9.17) is 18.9 Å². The van der Waals surface area contributed by atoms with E-state index in [2.05, 4.69) is 0 Å². The summed E-state index contributed by atoms with van der Waals surface area (Å²) in [6, 6.07) is 9.97. The van der Waals surface area contributed by atoms with Crippen LogP contribution < -0.4 is 18.9 Å². The Kier molecular flexibility index (Phi) is 8.43. The van der Waals surface area contributed by atoms with Crippen molar-refractivity contribution in [3.05, 3.63) is 69.9 Å². The zero-order valence-electron chi connectivity index (χ0n) is 17.0. The van der Waals surface area contributed by atoms with Crippen LogP contribution in [0, 0.1) is 10.1 Å². The molecule has 2 aromatic rings. The molecule has 8 nitrogen and oxygen atoms in total. The summed E-state index contributed by atoms with van der Waals surface area (Å²) in [5.74, 6) is 1.10. The van der Waals surface area contributed by atoms with Crippen molar-refractivity contribution in [2.24, 2.45) is 0 Å².